The highest BCUT2D eigenvalue weighted by molar-refractivity contribution is 6.31. The highest BCUT2D eigenvalue weighted by Crippen LogP contribution is 2.15. The molecule has 0 unspecified atom stereocenters. The van der Waals surface area contributed by atoms with Crippen LogP contribution in [0.2, 0.25) is 0 Å². The molecule has 0 spiro atoms. The molecule has 0 aromatic heterocycles. The summed E-state index contributed by atoms with van der Waals surface area (Å²) >= 11 is 5.86. The van der Waals surface area contributed by atoms with Gasteiger partial charge in [-0.2, -0.15) is 0 Å². The number of allylic oxidation sites excluding steroid dienone is 1. The maximum absolute atomic E-state index is 10.6. The first kappa shape index (κ1) is 10.8. The van der Waals surface area contributed by atoms with Gasteiger partial charge in [-0.3, -0.25) is 0 Å². The van der Waals surface area contributed by atoms with Crippen molar-refractivity contribution in [2.24, 2.45) is 0 Å². The zero-order valence-electron chi connectivity index (χ0n) is 7.83. The van der Waals surface area contributed by atoms with Crippen LogP contribution in [0.3, 0.4) is 0 Å². The van der Waals surface area contributed by atoms with Crippen molar-refractivity contribution in [2.75, 3.05) is 0 Å². The molecule has 1 aromatic carbocycles. The molecule has 0 amide bonds. The molecule has 0 aliphatic carbocycles. The number of aliphatic carboxylic acids is 1. The lowest BCUT2D eigenvalue weighted by Gasteiger charge is -2.01. The van der Waals surface area contributed by atoms with E-state index in [1.807, 2.05) is 30.3 Å². The molecular formula is C11H11ClO2. The van der Waals surface area contributed by atoms with Crippen molar-refractivity contribution in [3.63, 3.8) is 0 Å². The van der Waals surface area contributed by atoms with Crippen molar-refractivity contribution >= 4 is 17.6 Å². The number of benzene rings is 1. The third-order valence-corrected chi connectivity index (χ3v) is 2.35. The Kier molecular flexibility index (Phi) is 3.72. The summed E-state index contributed by atoms with van der Waals surface area (Å²) in [7, 11) is 0. The molecule has 74 valence electrons. The average molecular weight is 211 g/mol. The number of hydrogen-bond donors (Lipinski definition) is 1. The lowest BCUT2D eigenvalue weighted by molar-refractivity contribution is -0.132. The molecule has 0 fully saturated rings. The molecule has 0 aliphatic rings. The normalized spacial score (nSPS) is 12.1. The second-order valence-electron chi connectivity index (χ2n) is 3.00. The van der Waals surface area contributed by atoms with Crippen LogP contribution in [0.4, 0.5) is 0 Å². The monoisotopic (exact) mass is 210 g/mol. The Bertz CT molecular complexity index is 355. The second kappa shape index (κ2) is 4.82. The van der Waals surface area contributed by atoms with Crippen LogP contribution < -0.4 is 0 Å². The Balaban J connectivity index is 2.80. The van der Waals surface area contributed by atoms with Crippen molar-refractivity contribution in [1.29, 1.82) is 0 Å². The molecule has 3 heteroatoms. The summed E-state index contributed by atoms with van der Waals surface area (Å²) < 4.78 is 0. The molecule has 1 N–H and O–H groups in total. The van der Waals surface area contributed by atoms with E-state index in [2.05, 4.69) is 0 Å². The number of carbonyl (C=O) groups is 1. The fourth-order valence-electron chi connectivity index (χ4n) is 1.02. The minimum atomic E-state index is -0.967. The van der Waals surface area contributed by atoms with Gasteiger partial charge in [0.2, 0.25) is 0 Å². The molecule has 2 nitrogen and oxygen atoms in total. The first-order chi connectivity index (χ1) is 6.61. The highest BCUT2D eigenvalue weighted by Gasteiger charge is 2.07. The van der Waals surface area contributed by atoms with Gasteiger partial charge in [0.25, 0.3) is 0 Å². The lowest BCUT2D eigenvalue weighted by atomic mass is 10.1. The van der Waals surface area contributed by atoms with Gasteiger partial charge in [-0.25, -0.2) is 4.79 Å². The van der Waals surface area contributed by atoms with Gasteiger partial charge >= 0.3 is 5.97 Å². The summed E-state index contributed by atoms with van der Waals surface area (Å²) in [6.45, 7) is 1.51. The maximum atomic E-state index is 10.6. The predicted octanol–water partition coefficient (Wildman–Crippen LogP) is 2.83. The Morgan fingerprint density at radius 3 is 2.43 bits per heavy atom. The number of hydrogen-bond acceptors (Lipinski definition) is 1. The van der Waals surface area contributed by atoms with E-state index >= 15 is 0 Å². The molecule has 1 aromatic rings. The first-order valence-electron chi connectivity index (χ1n) is 4.23. The van der Waals surface area contributed by atoms with Gasteiger partial charge in [0.15, 0.2) is 0 Å². The summed E-state index contributed by atoms with van der Waals surface area (Å²) in [5.41, 5.74) is 1.22. The van der Waals surface area contributed by atoms with Crippen LogP contribution in [-0.2, 0) is 11.2 Å². The van der Waals surface area contributed by atoms with Gasteiger partial charge in [0.1, 0.15) is 0 Å². The highest BCUT2D eigenvalue weighted by atomic mass is 35.5. The average Bonchev–Trinajstić information content (AvgIpc) is 2.18. The molecule has 0 aliphatic heterocycles. The fourth-order valence-corrected chi connectivity index (χ4v) is 1.26. The zero-order chi connectivity index (χ0) is 10.6. The van der Waals surface area contributed by atoms with Gasteiger partial charge < -0.3 is 5.11 Å². The number of rotatable bonds is 3. The SMILES string of the molecule is C/C(C(=O)O)=C(\Cl)Cc1ccccc1. The summed E-state index contributed by atoms with van der Waals surface area (Å²) in [5.74, 6) is -0.967. The van der Waals surface area contributed by atoms with Gasteiger partial charge in [-0.15, -0.1) is 0 Å². The summed E-state index contributed by atoms with van der Waals surface area (Å²) in [4.78, 5) is 10.6. The smallest absolute Gasteiger partial charge is 0.332 e. The summed E-state index contributed by atoms with van der Waals surface area (Å²) in [5, 5.41) is 9.07. The van der Waals surface area contributed by atoms with Gasteiger partial charge in [-0.05, 0) is 12.5 Å². The Morgan fingerprint density at radius 2 is 1.93 bits per heavy atom. The van der Waals surface area contributed by atoms with E-state index in [0.29, 0.717) is 11.5 Å². The van der Waals surface area contributed by atoms with E-state index in [-0.39, 0.29) is 5.57 Å². The van der Waals surface area contributed by atoms with Crippen LogP contribution >= 0.6 is 11.6 Å². The van der Waals surface area contributed by atoms with Crippen molar-refractivity contribution < 1.29 is 9.90 Å². The maximum Gasteiger partial charge on any atom is 0.332 e. The fraction of sp³-hybridized carbons (Fsp3) is 0.182. The van der Waals surface area contributed by atoms with Crippen LogP contribution in [0.1, 0.15) is 12.5 Å². The largest absolute Gasteiger partial charge is 0.478 e. The topological polar surface area (TPSA) is 37.3 Å². The third-order valence-electron chi connectivity index (χ3n) is 1.93. The number of carboxylic acids is 1. The van der Waals surface area contributed by atoms with Crippen molar-refractivity contribution in [2.45, 2.75) is 13.3 Å². The van der Waals surface area contributed by atoms with Crippen molar-refractivity contribution in [3.8, 4) is 0 Å². The summed E-state index contributed by atoms with van der Waals surface area (Å²) in [6.07, 6.45) is 0.473. The van der Waals surface area contributed by atoms with E-state index in [1.165, 1.54) is 6.92 Å². The van der Waals surface area contributed by atoms with E-state index in [4.69, 9.17) is 16.7 Å². The van der Waals surface area contributed by atoms with Crippen LogP contribution in [0.25, 0.3) is 0 Å². The summed E-state index contributed by atoms with van der Waals surface area (Å²) in [6, 6.07) is 9.53. The second-order valence-corrected chi connectivity index (χ2v) is 3.45. The Labute approximate surface area is 87.8 Å². The first-order valence-corrected chi connectivity index (χ1v) is 4.61. The molecule has 0 bridgehead atoms. The molecule has 0 saturated heterocycles. The van der Waals surface area contributed by atoms with Gasteiger partial charge in [0.05, 0.1) is 0 Å². The number of halogens is 1. The van der Waals surface area contributed by atoms with E-state index in [9.17, 15) is 4.79 Å². The standard InChI is InChI=1S/C11H11ClO2/c1-8(11(13)14)10(12)7-9-5-3-2-4-6-9/h2-6H,7H2,1H3,(H,13,14)/b10-8+. The molecule has 0 heterocycles. The van der Waals surface area contributed by atoms with Gasteiger partial charge in [0, 0.05) is 17.0 Å². The zero-order valence-corrected chi connectivity index (χ0v) is 8.58. The molecule has 14 heavy (non-hydrogen) atoms. The van der Waals surface area contributed by atoms with E-state index in [1.54, 1.807) is 0 Å². The van der Waals surface area contributed by atoms with Gasteiger partial charge in [-0.1, -0.05) is 41.9 Å². The van der Waals surface area contributed by atoms with Crippen LogP contribution in [0.15, 0.2) is 40.9 Å². The van der Waals surface area contributed by atoms with Crippen molar-refractivity contribution in [1.82, 2.24) is 0 Å². The Morgan fingerprint density at radius 1 is 1.36 bits per heavy atom. The molecule has 0 saturated carbocycles. The van der Waals surface area contributed by atoms with Crippen LogP contribution in [-0.4, -0.2) is 11.1 Å². The molecule has 0 radical (unpaired) electrons. The minimum absolute atomic E-state index is 0.204. The molecular weight excluding hydrogens is 200 g/mol. The molecule has 1 rings (SSSR count). The predicted molar refractivity (Wildman–Crippen MR) is 56.3 cm³/mol. The van der Waals surface area contributed by atoms with Crippen LogP contribution in [0, 0.1) is 0 Å². The van der Waals surface area contributed by atoms with E-state index in [0.717, 1.165) is 5.56 Å². The van der Waals surface area contributed by atoms with Crippen molar-refractivity contribution in [3.05, 3.63) is 46.5 Å². The lowest BCUT2D eigenvalue weighted by Crippen LogP contribution is -2.00. The third kappa shape index (κ3) is 2.89. The molecule has 0 atom stereocenters. The minimum Gasteiger partial charge on any atom is -0.478 e. The number of carboxylic acid groups (broad SMARTS) is 1. The van der Waals surface area contributed by atoms with Crippen LogP contribution in [0.5, 0.6) is 0 Å². The van der Waals surface area contributed by atoms with E-state index < -0.39 is 5.97 Å². The quantitative estimate of drug-likeness (QED) is 0.779. The Hall–Kier alpha value is -1.28.